The van der Waals surface area contributed by atoms with Gasteiger partial charge in [-0.15, -0.1) is 0 Å². The first kappa shape index (κ1) is 9.01. The van der Waals surface area contributed by atoms with E-state index in [2.05, 4.69) is 25.7 Å². The Morgan fingerprint density at radius 3 is 2.36 bits per heavy atom. The first-order valence-corrected chi connectivity index (χ1v) is 4.50. The lowest BCUT2D eigenvalue weighted by Gasteiger charge is -2.19. The van der Waals surface area contributed by atoms with Crippen molar-refractivity contribution < 1.29 is 5.11 Å². The highest BCUT2D eigenvalue weighted by atomic mass is 16.3. The van der Waals surface area contributed by atoms with E-state index in [1.807, 2.05) is 0 Å². The summed E-state index contributed by atoms with van der Waals surface area (Å²) in [6.45, 7) is 9.24. The van der Waals surface area contributed by atoms with Crippen LogP contribution in [0.5, 0.6) is 0 Å². The van der Waals surface area contributed by atoms with Gasteiger partial charge in [-0.05, 0) is 25.7 Å². The molecule has 66 valence electrons. The molecule has 0 saturated carbocycles. The minimum absolute atomic E-state index is 0.352. The molecular weight excluding hydrogens is 138 g/mol. The lowest BCUT2D eigenvalue weighted by molar-refractivity contribution is 0.199. The van der Waals surface area contributed by atoms with Crippen molar-refractivity contribution in [2.45, 2.75) is 26.8 Å². The first-order chi connectivity index (χ1) is 5.15. The zero-order valence-corrected chi connectivity index (χ0v) is 7.75. The van der Waals surface area contributed by atoms with Gasteiger partial charge in [0.25, 0.3) is 0 Å². The summed E-state index contributed by atoms with van der Waals surface area (Å²) in [5, 5.41) is 9.01. The average molecular weight is 157 g/mol. The smallest absolute Gasteiger partial charge is 0.0474 e. The van der Waals surface area contributed by atoms with Crippen LogP contribution in [0.1, 0.15) is 20.8 Å². The van der Waals surface area contributed by atoms with Gasteiger partial charge in [-0.1, -0.05) is 6.92 Å². The minimum Gasteiger partial charge on any atom is -0.396 e. The molecule has 0 aromatic rings. The molecule has 2 heteroatoms. The Bertz CT molecular complexity index is 125. The number of hydrogen-bond donors (Lipinski definition) is 1. The van der Waals surface area contributed by atoms with Crippen molar-refractivity contribution in [3.8, 4) is 0 Å². The summed E-state index contributed by atoms with van der Waals surface area (Å²) in [7, 11) is 0. The van der Waals surface area contributed by atoms with Crippen molar-refractivity contribution in [2.24, 2.45) is 11.8 Å². The van der Waals surface area contributed by atoms with Crippen LogP contribution >= 0.6 is 0 Å². The molecule has 0 bridgehead atoms. The molecule has 1 aliphatic heterocycles. The molecule has 2 nitrogen and oxygen atoms in total. The lowest BCUT2D eigenvalue weighted by Crippen LogP contribution is -2.28. The van der Waals surface area contributed by atoms with E-state index < -0.39 is 0 Å². The van der Waals surface area contributed by atoms with Crippen LogP contribution in [0.3, 0.4) is 0 Å². The third-order valence-electron chi connectivity index (χ3n) is 2.76. The second-order valence-electron chi connectivity index (χ2n) is 3.97. The maximum atomic E-state index is 9.01. The highest BCUT2D eigenvalue weighted by Gasteiger charge is 2.29. The third kappa shape index (κ3) is 1.94. The summed E-state index contributed by atoms with van der Waals surface area (Å²) in [6.07, 6.45) is 0. The summed E-state index contributed by atoms with van der Waals surface area (Å²) in [4.78, 5) is 2.44. The van der Waals surface area contributed by atoms with E-state index in [1.54, 1.807) is 0 Å². The highest BCUT2D eigenvalue weighted by Crippen LogP contribution is 2.23. The van der Waals surface area contributed by atoms with Crippen molar-refractivity contribution >= 4 is 0 Å². The average Bonchev–Trinajstić information content (AvgIpc) is 2.31. The Morgan fingerprint density at radius 1 is 1.45 bits per heavy atom. The maximum Gasteiger partial charge on any atom is 0.0474 e. The number of rotatable bonds is 2. The van der Waals surface area contributed by atoms with Gasteiger partial charge in [0.15, 0.2) is 0 Å². The van der Waals surface area contributed by atoms with Crippen molar-refractivity contribution in [3.05, 3.63) is 0 Å². The van der Waals surface area contributed by atoms with E-state index in [4.69, 9.17) is 5.11 Å². The van der Waals surface area contributed by atoms with Gasteiger partial charge in [0.1, 0.15) is 0 Å². The van der Waals surface area contributed by atoms with E-state index in [9.17, 15) is 0 Å². The summed E-state index contributed by atoms with van der Waals surface area (Å²) >= 11 is 0. The predicted molar refractivity (Wildman–Crippen MR) is 46.4 cm³/mol. The fourth-order valence-electron chi connectivity index (χ4n) is 1.73. The molecule has 0 spiro atoms. The number of aliphatic hydroxyl groups excluding tert-OH is 1. The molecule has 0 aromatic carbocycles. The second kappa shape index (κ2) is 3.55. The summed E-state index contributed by atoms with van der Waals surface area (Å²) in [5.74, 6) is 1.18. The zero-order valence-electron chi connectivity index (χ0n) is 7.75. The van der Waals surface area contributed by atoms with Crippen LogP contribution < -0.4 is 0 Å². The van der Waals surface area contributed by atoms with Gasteiger partial charge in [0, 0.05) is 25.7 Å². The topological polar surface area (TPSA) is 23.5 Å². The van der Waals surface area contributed by atoms with Crippen LogP contribution in [0.2, 0.25) is 0 Å². The molecule has 0 radical (unpaired) electrons. The molecule has 11 heavy (non-hydrogen) atoms. The molecule has 0 aliphatic carbocycles. The number of hydrogen-bond acceptors (Lipinski definition) is 2. The molecular formula is C9H19NO. The van der Waals surface area contributed by atoms with Crippen LogP contribution in [0.15, 0.2) is 0 Å². The summed E-state index contributed by atoms with van der Waals surface area (Å²) < 4.78 is 0. The third-order valence-corrected chi connectivity index (χ3v) is 2.76. The van der Waals surface area contributed by atoms with Gasteiger partial charge >= 0.3 is 0 Å². The maximum absolute atomic E-state index is 9.01. The molecule has 1 fully saturated rings. The quantitative estimate of drug-likeness (QED) is 0.645. The number of aliphatic hydroxyl groups is 1. The molecule has 0 amide bonds. The number of nitrogens with zero attached hydrogens (tertiary/aromatic N) is 1. The second-order valence-corrected chi connectivity index (χ2v) is 3.97. The largest absolute Gasteiger partial charge is 0.396 e. The molecule has 2 atom stereocenters. The van der Waals surface area contributed by atoms with Gasteiger partial charge in [0.2, 0.25) is 0 Å². The van der Waals surface area contributed by atoms with Gasteiger partial charge in [0.05, 0.1) is 0 Å². The van der Waals surface area contributed by atoms with Crippen LogP contribution in [-0.2, 0) is 0 Å². The van der Waals surface area contributed by atoms with Crippen LogP contribution in [0, 0.1) is 11.8 Å². The van der Waals surface area contributed by atoms with Crippen molar-refractivity contribution in [2.75, 3.05) is 19.7 Å². The monoisotopic (exact) mass is 157 g/mol. The summed E-state index contributed by atoms with van der Waals surface area (Å²) in [6, 6.07) is 0.633. The van der Waals surface area contributed by atoms with Crippen LogP contribution in [0.25, 0.3) is 0 Å². The van der Waals surface area contributed by atoms with Crippen LogP contribution in [-0.4, -0.2) is 35.7 Å². The molecule has 1 saturated heterocycles. The molecule has 2 unspecified atom stereocenters. The molecule has 1 rings (SSSR count). The van der Waals surface area contributed by atoms with Gasteiger partial charge in [-0.25, -0.2) is 0 Å². The molecule has 1 N–H and O–H groups in total. The van der Waals surface area contributed by atoms with Crippen molar-refractivity contribution in [1.82, 2.24) is 4.90 Å². The summed E-state index contributed by atoms with van der Waals surface area (Å²) in [5.41, 5.74) is 0. The lowest BCUT2D eigenvalue weighted by atomic mass is 10.00. The van der Waals surface area contributed by atoms with E-state index in [1.165, 1.54) is 0 Å². The van der Waals surface area contributed by atoms with Crippen molar-refractivity contribution in [3.63, 3.8) is 0 Å². The highest BCUT2D eigenvalue weighted by molar-refractivity contribution is 4.82. The SMILES string of the molecule is CC1CN(C(C)C)CC1CO. The Labute approximate surface area is 69.2 Å². The first-order valence-electron chi connectivity index (χ1n) is 4.50. The standard InChI is InChI=1S/C9H19NO/c1-7(2)10-4-8(3)9(5-10)6-11/h7-9,11H,4-6H2,1-3H3. The van der Waals surface area contributed by atoms with Crippen LogP contribution in [0.4, 0.5) is 0 Å². The minimum atomic E-state index is 0.352. The Hall–Kier alpha value is -0.0800. The molecule has 1 heterocycles. The zero-order chi connectivity index (χ0) is 8.43. The van der Waals surface area contributed by atoms with E-state index in [-0.39, 0.29) is 0 Å². The van der Waals surface area contributed by atoms with E-state index in [0.717, 1.165) is 13.1 Å². The molecule has 1 aliphatic rings. The van der Waals surface area contributed by atoms with Gasteiger partial charge in [-0.3, -0.25) is 0 Å². The van der Waals surface area contributed by atoms with E-state index in [0.29, 0.717) is 24.5 Å². The van der Waals surface area contributed by atoms with Crippen molar-refractivity contribution in [1.29, 1.82) is 0 Å². The fraction of sp³-hybridized carbons (Fsp3) is 1.00. The van der Waals surface area contributed by atoms with Gasteiger partial charge in [-0.2, -0.15) is 0 Å². The molecule has 0 aromatic heterocycles. The Balaban J connectivity index is 2.43. The fourth-order valence-corrected chi connectivity index (χ4v) is 1.73. The Morgan fingerprint density at radius 2 is 2.09 bits per heavy atom. The normalized spacial score (nSPS) is 33.5. The Kier molecular flexibility index (Phi) is 2.90. The van der Waals surface area contributed by atoms with Gasteiger partial charge < -0.3 is 10.0 Å². The number of likely N-dealkylation sites (tertiary alicyclic amines) is 1. The predicted octanol–water partition coefficient (Wildman–Crippen LogP) is 0.955. The van der Waals surface area contributed by atoms with E-state index >= 15 is 0 Å².